The van der Waals surface area contributed by atoms with Crippen LogP contribution in [0.5, 0.6) is 6.01 Å². The Balaban J connectivity index is 1.20. The third-order valence-electron chi connectivity index (χ3n) is 6.03. The molecule has 0 spiro atoms. The molecule has 1 aromatic heterocycles. The quantitative estimate of drug-likeness (QED) is 0.679. The van der Waals surface area contributed by atoms with E-state index in [-0.39, 0.29) is 30.0 Å². The smallest absolute Gasteiger partial charge is 0.316 e. The molecule has 4 rings (SSSR count). The molecule has 1 atom stereocenters. The maximum absolute atomic E-state index is 13.8. The number of hydrogen-bond acceptors (Lipinski definition) is 5. The van der Waals surface area contributed by atoms with E-state index in [1.807, 2.05) is 9.80 Å². The van der Waals surface area contributed by atoms with Crippen molar-refractivity contribution in [3.05, 3.63) is 54.1 Å². The molecule has 1 aromatic carbocycles. The molecule has 7 nitrogen and oxygen atoms in total. The van der Waals surface area contributed by atoms with Crippen LogP contribution in [0.3, 0.4) is 0 Å². The average molecular weight is 426 g/mol. The summed E-state index contributed by atoms with van der Waals surface area (Å²) in [5.41, 5.74) is 0.437. The van der Waals surface area contributed by atoms with Crippen molar-refractivity contribution in [1.29, 1.82) is 0 Å². The number of carbonyl (C=O) groups excluding carboxylic acids is 2. The summed E-state index contributed by atoms with van der Waals surface area (Å²) < 4.78 is 19.4. The second-order valence-corrected chi connectivity index (χ2v) is 8.30. The zero-order valence-corrected chi connectivity index (χ0v) is 17.5. The highest BCUT2D eigenvalue weighted by Gasteiger charge is 2.33. The van der Waals surface area contributed by atoms with E-state index in [0.29, 0.717) is 56.7 Å². The lowest BCUT2D eigenvalue weighted by Gasteiger charge is -2.34. The Morgan fingerprint density at radius 1 is 1.10 bits per heavy atom. The normalized spacial score (nSPS) is 19.6. The zero-order chi connectivity index (χ0) is 21.6. The highest BCUT2D eigenvalue weighted by Crippen LogP contribution is 2.24. The van der Waals surface area contributed by atoms with E-state index in [4.69, 9.17) is 4.74 Å². The van der Waals surface area contributed by atoms with E-state index in [2.05, 4.69) is 9.97 Å². The minimum atomic E-state index is -0.337. The van der Waals surface area contributed by atoms with Crippen molar-refractivity contribution in [3.63, 3.8) is 0 Å². The van der Waals surface area contributed by atoms with Crippen molar-refractivity contribution in [2.75, 3.05) is 32.8 Å². The van der Waals surface area contributed by atoms with E-state index in [0.717, 1.165) is 12.8 Å². The van der Waals surface area contributed by atoms with Crippen LogP contribution in [0.1, 0.15) is 24.8 Å². The summed E-state index contributed by atoms with van der Waals surface area (Å²) in [5, 5.41) is 0. The molecule has 2 fully saturated rings. The van der Waals surface area contributed by atoms with Crippen LogP contribution < -0.4 is 4.74 Å². The summed E-state index contributed by atoms with van der Waals surface area (Å²) in [7, 11) is 0. The Bertz CT molecular complexity index is 903. The van der Waals surface area contributed by atoms with E-state index in [1.54, 1.807) is 36.7 Å². The molecule has 8 heteroatoms. The Morgan fingerprint density at radius 2 is 1.84 bits per heavy atom. The van der Waals surface area contributed by atoms with Gasteiger partial charge < -0.3 is 14.5 Å². The first-order chi connectivity index (χ1) is 15.1. The van der Waals surface area contributed by atoms with Gasteiger partial charge in [-0.3, -0.25) is 9.59 Å². The third kappa shape index (κ3) is 5.57. The van der Waals surface area contributed by atoms with E-state index in [1.165, 1.54) is 6.07 Å². The molecule has 2 saturated heterocycles. The van der Waals surface area contributed by atoms with Crippen LogP contribution in [0.25, 0.3) is 0 Å². The van der Waals surface area contributed by atoms with E-state index >= 15 is 0 Å². The Hall–Kier alpha value is -3.03. The van der Waals surface area contributed by atoms with Gasteiger partial charge in [0.15, 0.2) is 0 Å². The third-order valence-corrected chi connectivity index (χ3v) is 6.03. The van der Waals surface area contributed by atoms with Gasteiger partial charge in [0.05, 0.1) is 13.0 Å². The molecule has 1 unspecified atom stereocenters. The number of hydrogen-bond donors (Lipinski definition) is 0. The van der Waals surface area contributed by atoms with Crippen LogP contribution in [0.2, 0.25) is 0 Å². The van der Waals surface area contributed by atoms with Crippen LogP contribution in [0, 0.1) is 17.7 Å². The molecule has 0 N–H and O–H groups in total. The van der Waals surface area contributed by atoms with Gasteiger partial charge in [-0.05, 0) is 36.5 Å². The second kappa shape index (κ2) is 9.85. The molecule has 0 aliphatic carbocycles. The van der Waals surface area contributed by atoms with Crippen LogP contribution in [-0.4, -0.2) is 64.4 Å². The number of nitrogens with zero attached hydrogens (tertiary/aromatic N) is 4. The van der Waals surface area contributed by atoms with Crippen LogP contribution >= 0.6 is 0 Å². The van der Waals surface area contributed by atoms with Crippen molar-refractivity contribution in [2.24, 2.45) is 11.8 Å². The molecule has 0 bridgehead atoms. The first kappa shape index (κ1) is 21.2. The Morgan fingerprint density at radius 3 is 2.58 bits per heavy atom. The lowest BCUT2D eigenvalue weighted by molar-refractivity contribution is -0.133. The molecule has 3 heterocycles. The van der Waals surface area contributed by atoms with Crippen LogP contribution in [-0.2, 0) is 16.0 Å². The molecule has 2 aliphatic rings. The molecule has 31 heavy (non-hydrogen) atoms. The van der Waals surface area contributed by atoms with Gasteiger partial charge in [-0.2, -0.15) is 0 Å². The molecular weight excluding hydrogens is 399 g/mol. The SMILES string of the molecule is O=C(Cc1ccccc1F)N1CCC(CN2CC(COc3ncccn3)CC2=O)CC1. The Labute approximate surface area is 181 Å². The number of ether oxygens (including phenoxy) is 1. The van der Waals surface area contributed by atoms with Gasteiger partial charge in [0.2, 0.25) is 11.8 Å². The number of benzene rings is 1. The fourth-order valence-electron chi connectivity index (χ4n) is 4.29. The maximum atomic E-state index is 13.8. The van der Waals surface area contributed by atoms with Crippen LogP contribution in [0.15, 0.2) is 42.7 Å². The van der Waals surface area contributed by atoms with Gasteiger partial charge in [-0.15, -0.1) is 0 Å². The summed E-state index contributed by atoms with van der Waals surface area (Å²) in [6, 6.07) is 8.47. The van der Waals surface area contributed by atoms with Crippen molar-refractivity contribution in [2.45, 2.75) is 25.7 Å². The fourth-order valence-corrected chi connectivity index (χ4v) is 4.29. The minimum absolute atomic E-state index is 0.0406. The van der Waals surface area contributed by atoms with Crippen molar-refractivity contribution in [1.82, 2.24) is 19.8 Å². The predicted molar refractivity (Wildman–Crippen MR) is 112 cm³/mol. The number of halogens is 1. The number of carbonyl (C=O) groups is 2. The van der Waals surface area contributed by atoms with E-state index in [9.17, 15) is 14.0 Å². The molecule has 2 aromatic rings. The lowest BCUT2D eigenvalue weighted by atomic mass is 9.95. The standard InChI is InChI=1S/C23H27FN4O3/c24-20-5-2-1-4-19(20)13-22(30)27-10-6-17(7-11-27)14-28-15-18(12-21(28)29)16-31-23-25-8-3-9-26-23/h1-5,8-9,17-18H,6-7,10-16H2. The summed E-state index contributed by atoms with van der Waals surface area (Å²) >= 11 is 0. The summed E-state index contributed by atoms with van der Waals surface area (Å²) in [5.74, 6) is 0.287. The van der Waals surface area contributed by atoms with Gasteiger partial charge in [0.1, 0.15) is 5.82 Å². The average Bonchev–Trinajstić information content (AvgIpc) is 3.14. The highest BCUT2D eigenvalue weighted by atomic mass is 19.1. The van der Waals surface area contributed by atoms with E-state index < -0.39 is 0 Å². The number of likely N-dealkylation sites (tertiary alicyclic amines) is 2. The zero-order valence-electron chi connectivity index (χ0n) is 17.5. The minimum Gasteiger partial charge on any atom is -0.463 e. The predicted octanol–water partition coefficient (Wildman–Crippen LogP) is 2.32. The summed E-state index contributed by atoms with van der Waals surface area (Å²) in [6.45, 7) is 3.12. The largest absolute Gasteiger partial charge is 0.463 e. The Kier molecular flexibility index (Phi) is 6.74. The summed E-state index contributed by atoms with van der Waals surface area (Å²) in [6.07, 6.45) is 5.53. The molecule has 0 radical (unpaired) electrons. The number of aromatic nitrogens is 2. The molecule has 164 valence electrons. The van der Waals surface area contributed by atoms with Gasteiger partial charge in [-0.1, -0.05) is 18.2 Å². The van der Waals surface area contributed by atoms with Gasteiger partial charge >= 0.3 is 6.01 Å². The van der Waals surface area contributed by atoms with Crippen LogP contribution in [0.4, 0.5) is 4.39 Å². The summed E-state index contributed by atoms with van der Waals surface area (Å²) in [4.78, 5) is 36.7. The monoisotopic (exact) mass is 426 g/mol. The van der Waals surface area contributed by atoms with Gasteiger partial charge in [0, 0.05) is 50.9 Å². The second-order valence-electron chi connectivity index (χ2n) is 8.30. The first-order valence-corrected chi connectivity index (χ1v) is 10.8. The molecular formula is C23H27FN4O3. The number of rotatable bonds is 7. The topological polar surface area (TPSA) is 75.6 Å². The molecule has 0 saturated carbocycles. The van der Waals surface area contributed by atoms with Crippen molar-refractivity contribution in [3.8, 4) is 6.01 Å². The number of piperidine rings is 1. The lowest BCUT2D eigenvalue weighted by Crippen LogP contribution is -2.42. The molecule has 2 amide bonds. The molecule has 2 aliphatic heterocycles. The fraction of sp³-hybridized carbons (Fsp3) is 0.478. The highest BCUT2D eigenvalue weighted by molar-refractivity contribution is 5.79. The first-order valence-electron chi connectivity index (χ1n) is 10.8. The number of amides is 2. The van der Waals surface area contributed by atoms with Crippen molar-refractivity contribution >= 4 is 11.8 Å². The van der Waals surface area contributed by atoms with Gasteiger partial charge in [0.25, 0.3) is 0 Å². The van der Waals surface area contributed by atoms with Crippen molar-refractivity contribution < 1.29 is 18.7 Å². The van der Waals surface area contributed by atoms with Gasteiger partial charge in [-0.25, -0.2) is 14.4 Å². The maximum Gasteiger partial charge on any atom is 0.316 e.